The van der Waals surface area contributed by atoms with Crippen molar-refractivity contribution in [1.29, 1.82) is 5.26 Å². The highest BCUT2D eigenvalue weighted by Crippen LogP contribution is 2.33. The summed E-state index contributed by atoms with van der Waals surface area (Å²) < 4.78 is 5.99. The summed E-state index contributed by atoms with van der Waals surface area (Å²) in [5.41, 5.74) is -0.363. The van der Waals surface area contributed by atoms with Crippen LogP contribution in [0.5, 0.6) is 0 Å². The highest BCUT2D eigenvalue weighted by atomic mass is 16.6. The van der Waals surface area contributed by atoms with Crippen LogP contribution in [0.2, 0.25) is 0 Å². The molecule has 0 atom stereocenters. The molecule has 0 aliphatic carbocycles. The van der Waals surface area contributed by atoms with Crippen LogP contribution in [0.4, 0.5) is 11.4 Å². The molecule has 10 nitrogen and oxygen atoms in total. The Morgan fingerprint density at radius 1 is 1.16 bits per heavy atom. The van der Waals surface area contributed by atoms with Crippen LogP contribution in [0.3, 0.4) is 0 Å². The van der Waals surface area contributed by atoms with E-state index in [2.05, 4.69) is 5.32 Å². The van der Waals surface area contributed by atoms with Crippen molar-refractivity contribution in [2.45, 2.75) is 6.42 Å². The molecule has 0 fully saturated rings. The van der Waals surface area contributed by atoms with Gasteiger partial charge in [0.15, 0.2) is 17.2 Å². The molecule has 0 aliphatic rings. The predicted molar refractivity (Wildman–Crippen MR) is 112 cm³/mol. The van der Waals surface area contributed by atoms with Crippen LogP contribution in [0, 0.1) is 21.4 Å². The fourth-order valence-corrected chi connectivity index (χ4v) is 3.04. The summed E-state index contributed by atoms with van der Waals surface area (Å²) in [6, 6.07) is 16.0. The highest BCUT2D eigenvalue weighted by Gasteiger charge is 2.31. The van der Waals surface area contributed by atoms with Gasteiger partial charge in [-0.15, -0.1) is 0 Å². The number of carbonyl (C=O) groups is 3. The molecular formula is C22H16N4O6. The molecular weight excluding hydrogens is 416 g/mol. The van der Waals surface area contributed by atoms with Crippen LogP contribution in [0.1, 0.15) is 32.8 Å². The van der Waals surface area contributed by atoms with Crippen LogP contribution < -0.4 is 5.32 Å². The molecule has 0 saturated carbocycles. The van der Waals surface area contributed by atoms with Crippen molar-refractivity contribution in [3.8, 4) is 11.8 Å². The second-order valence-electron chi connectivity index (χ2n) is 6.53. The Hall–Kier alpha value is -4.78. The van der Waals surface area contributed by atoms with Crippen LogP contribution >= 0.6 is 0 Å². The van der Waals surface area contributed by atoms with Crippen molar-refractivity contribution in [3.05, 3.63) is 87.7 Å². The van der Waals surface area contributed by atoms with Crippen molar-refractivity contribution in [3.63, 3.8) is 0 Å². The number of anilines is 1. The Labute approximate surface area is 181 Å². The lowest BCUT2D eigenvalue weighted by Gasteiger charge is -2.09. The molecule has 32 heavy (non-hydrogen) atoms. The van der Waals surface area contributed by atoms with Crippen molar-refractivity contribution in [2.75, 3.05) is 12.4 Å². The number of rotatable bonds is 7. The normalized spacial score (nSPS) is 10.1. The average molecular weight is 432 g/mol. The molecule has 1 aromatic heterocycles. The predicted octanol–water partition coefficient (Wildman–Crippen LogP) is 3.26. The van der Waals surface area contributed by atoms with Gasteiger partial charge in [0, 0.05) is 11.3 Å². The van der Waals surface area contributed by atoms with E-state index in [1.807, 2.05) is 6.07 Å². The van der Waals surface area contributed by atoms with Gasteiger partial charge in [-0.25, -0.2) is 4.79 Å². The zero-order valence-corrected chi connectivity index (χ0v) is 16.8. The van der Waals surface area contributed by atoms with Gasteiger partial charge >= 0.3 is 11.7 Å². The summed E-state index contributed by atoms with van der Waals surface area (Å²) in [6.07, 6.45) is 0.443. The number of nitrogens with zero attached hydrogens (tertiary/aromatic N) is 3. The topological polar surface area (TPSA) is 144 Å². The molecule has 0 bridgehead atoms. The zero-order valence-electron chi connectivity index (χ0n) is 16.8. The van der Waals surface area contributed by atoms with E-state index < -0.39 is 34.7 Å². The number of ketones is 1. The van der Waals surface area contributed by atoms with Crippen LogP contribution in [0.25, 0.3) is 5.69 Å². The number of carbonyl (C=O) groups excluding carboxylic acids is 3. The van der Waals surface area contributed by atoms with Gasteiger partial charge in [0.25, 0.3) is 0 Å². The van der Waals surface area contributed by atoms with Crippen molar-refractivity contribution in [1.82, 2.24) is 4.57 Å². The standard InChI is InChI=1S/C22H16N4O6/c1-32-22(29)21-20(17(26(30)31)13-25(21)16-8-3-2-4-9-16)24-19(28)11-18(27)15-7-5-6-14(10-15)12-23/h2-10,13H,11H2,1H3,(H,24,28). The number of benzene rings is 2. The Morgan fingerprint density at radius 2 is 1.88 bits per heavy atom. The molecule has 1 N–H and O–H groups in total. The molecule has 0 saturated heterocycles. The Kier molecular flexibility index (Phi) is 6.41. The van der Waals surface area contributed by atoms with E-state index in [9.17, 15) is 24.5 Å². The van der Waals surface area contributed by atoms with E-state index in [1.54, 1.807) is 30.3 Å². The molecule has 3 aromatic rings. The van der Waals surface area contributed by atoms with Crippen LogP contribution in [-0.2, 0) is 9.53 Å². The first-order valence-electron chi connectivity index (χ1n) is 9.22. The number of para-hydroxylation sites is 1. The van der Waals surface area contributed by atoms with Crippen molar-refractivity contribution >= 4 is 29.0 Å². The number of Topliss-reactive ketones (excluding diaryl/α,β-unsaturated/α-hetero) is 1. The smallest absolute Gasteiger partial charge is 0.357 e. The van der Waals surface area contributed by atoms with Gasteiger partial charge < -0.3 is 14.6 Å². The van der Waals surface area contributed by atoms with Gasteiger partial charge in [-0.2, -0.15) is 5.26 Å². The fourth-order valence-electron chi connectivity index (χ4n) is 3.04. The fraction of sp³-hybridized carbons (Fsp3) is 0.0909. The maximum atomic E-state index is 12.6. The molecule has 0 spiro atoms. The molecule has 0 aliphatic heterocycles. The number of aromatic nitrogens is 1. The number of amides is 1. The number of nitro groups is 1. The lowest BCUT2D eigenvalue weighted by atomic mass is 10.1. The van der Waals surface area contributed by atoms with E-state index in [0.717, 1.165) is 13.3 Å². The maximum Gasteiger partial charge on any atom is 0.357 e. The first-order valence-corrected chi connectivity index (χ1v) is 9.22. The van der Waals surface area contributed by atoms with Gasteiger partial charge in [0.05, 0.1) is 36.3 Å². The number of hydrogen-bond acceptors (Lipinski definition) is 7. The van der Waals surface area contributed by atoms with Gasteiger partial charge in [-0.05, 0) is 24.3 Å². The lowest BCUT2D eigenvalue weighted by molar-refractivity contribution is -0.383. The number of esters is 1. The Balaban J connectivity index is 1.97. The minimum absolute atomic E-state index is 0.142. The van der Waals surface area contributed by atoms with Gasteiger partial charge in [0.1, 0.15) is 0 Å². The second-order valence-corrected chi connectivity index (χ2v) is 6.53. The Bertz CT molecular complexity index is 1260. The molecule has 1 heterocycles. The molecule has 1 amide bonds. The molecule has 0 radical (unpaired) electrons. The highest BCUT2D eigenvalue weighted by molar-refractivity contribution is 6.13. The number of methoxy groups -OCH3 is 1. The average Bonchev–Trinajstić information content (AvgIpc) is 3.18. The third-order valence-electron chi connectivity index (χ3n) is 4.49. The molecule has 3 rings (SSSR count). The number of ether oxygens (including phenoxy) is 1. The maximum absolute atomic E-state index is 12.6. The van der Waals surface area contributed by atoms with Crippen molar-refractivity contribution in [2.24, 2.45) is 0 Å². The molecule has 0 unspecified atom stereocenters. The van der Waals surface area contributed by atoms with Crippen LogP contribution in [-0.4, -0.2) is 34.3 Å². The minimum atomic E-state index is -0.912. The first kappa shape index (κ1) is 21.9. The quantitative estimate of drug-likeness (QED) is 0.198. The summed E-state index contributed by atoms with van der Waals surface area (Å²) in [6.45, 7) is 0. The monoisotopic (exact) mass is 432 g/mol. The van der Waals surface area contributed by atoms with Crippen LogP contribution in [0.15, 0.2) is 60.8 Å². The third-order valence-corrected chi connectivity index (χ3v) is 4.49. The molecule has 2 aromatic carbocycles. The van der Waals surface area contributed by atoms with E-state index >= 15 is 0 Å². The van der Waals surface area contributed by atoms with E-state index in [4.69, 9.17) is 10.00 Å². The second kappa shape index (κ2) is 9.36. The summed E-state index contributed by atoms with van der Waals surface area (Å²) in [4.78, 5) is 48.3. The lowest BCUT2D eigenvalue weighted by Crippen LogP contribution is -2.19. The first-order chi connectivity index (χ1) is 15.3. The third kappa shape index (κ3) is 4.52. The largest absolute Gasteiger partial charge is 0.464 e. The van der Waals surface area contributed by atoms with Gasteiger partial charge in [0.2, 0.25) is 5.91 Å². The van der Waals surface area contributed by atoms with E-state index in [-0.39, 0.29) is 22.5 Å². The summed E-state index contributed by atoms with van der Waals surface area (Å²) in [7, 11) is 1.10. The zero-order chi connectivity index (χ0) is 23.3. The summed E-state index contributed by atoms with van der Waals surface area (Å²) >= 11 is 0. The van der Waals surface area contributed by atoms with E-state index in [1.165, 1.54) is 28.8 Å². The van der Waals surface area contributed by atoms with Crippen molar-refractivity contribution < 1.29 is 24.0 Å². The number of nitrogens with one attached hydrogen (secondary N) is 1. The number of hydrogen-bond donors (Lipinski definition) is 1. The van der Waals surface area contributed by atoms with E-state index in [0.29, 0.717) is 5.69 Å². The van der Waals surface area contributed by atoms with Gasteiger partial charge in [-0.1, -0.05) is 30.3 Å². The Morgan fingerprint density at radius 3 is 2.50 bits per heavy atom. The molecule has 160 valence electrons. The number of nitriles is 1. The summed E-state index contributed by atoms with van der Waals surface area (Å²) in [5, 5.41) is 22.9. The summed E-state index contributed by atoms with van der Waals surface area (Å²) in [5.74, 6) is -2.37. The van der Waals surface area contributed by atoms with Gasteiger partial charge in [-0.3, -0.25) is 19.7 Å². The molecule has 10 heteroatoms. The minimum Gasteiger partial charge on any atom is -0.464 e. The SMILES string of the molecule is COC(=O)c1c(NC(=O)CC(=O)c2cccc(C#N)c2)c([N+](=O)[O-])cn1-c1ccccc1.